The molecule has 4 heterocycles. The Morgan fingerprint density at radius 1 is 0.903 bits per heavy atom. The highest BCUT2D eigenvalue weighted by molar-refractivity contribution is 6.42. The highest BCUT2D eigenvalue weighted by atomic mass is 35.5. The number of hydrogen-bond donors (Lipinski definition) is 2. The van der Waals surface area contributed by atoms with Gasteiger partial charge in [0.05, 0.1) is 16.7 Å². The molecule has 2 aliphatic rings. The quantitative estimate of drug-likeness (QED) is 0.121. The van der Waals surface area contributed by atoms with Crippen LogP contribution in [0.15, 0.2) is 95.5 Å². The Morgan fingerprint density at radius 3 is 2.34 bits per heavy atom. The predicted molar refractivity (Wildman–Crippen MR) is 235 cm³/mol. The molecule has 8 rings (SSSR count). The van der Waals surface area contributed by atoms with E-state index in [1.807, 2.05) is 67.7 Å². The van der Waals surface area contributed by atoms with Gasteiger partial charge in [-0.1, -0.05) is 65.7 Å². The molecule has 6 aromatic rings. The smallest absolute Gasteiger partial charge is 0.290 e. The first kappa shape index (κ1) is 43.7. The van der Waals surface area contributed by atoms with Gasteiger partial charge in [0, 0.05) is 44.7 Å². The number of carboxylic acid groups (broad SMARTS) is 1. The zero-order chi connectivity index (χ0) is 43.9. The van der Waals surface area contributed by atoms with Crippen molar-refractivity contribution in [2.75, 3.05) is 19.8 Å². The van der Waals surface area contributed by atoms with Crippen molar-refractivity contribution in [2.24, 2.45) is 0 Å². The first-order chi connectivity index (χ1) is 29.9. The minimum Gasteiger partial charge on any atom is -0.493 e. The number of carbonyl (C=O) groups is 3. The van der Waals surface area contributed by atoms with Gasteiger partial charge in [-0.05, 0) is 114 Å². The van der Waals surface area contributed by atoms with Gasteiger partial charge in [0.15, 0.2) is 29.2 Å². The highest BCUT2D eigenvalue weighted by Gasteiger charge is 2.38. The fourth-order valence-electron chi connectivity index (χ4n) is 7.64. The van der Waals surface area contributed by atoms with Gasteiger partial charge in [-0.2, -0.15) is 0 Å². The molecule has 2 aliphatic heterocycles. The highest BCUT2D eigenvalue weighted by Crippen LogP contribution is 2.41. The summed E-state index contributed by atoms with van der Waals surface area (Å²) in [5.41, 5.74) is 9.49. The summed E-state index contributed by atoms with van der Waals surface area (Å²) in [7, 11) is 0. The van der Waals surface area contributed by atoms with E-state index < -0.39 is 6.04 Å². The molecule has 0 aliphatic carbocycles. The van der Waals surface area contributed by atoms with Crippen molar-refractivity contribution in [3.05, 3.63) is 158 Å². The average Bonchev–Trinajstić information content (AvgIpc) is 3.62. The molecule has 0 bridgehead atoms. The minimum absolute atomic E-state index is 0.183. The molecule has 0 spiro atoms. The third-order valence-corrected chi connectivity index (χ3v) is 11.8. The van der Waals surface area contributed by atoms with Crippen molar-refractivity contribution in [3.8, 4) is 28.4 Å². The summed E-state index contributed by atoms with van der Waals surface area (Å²) in [6.45, 7) is 8.64. The van der Waals surface area contributed by atoms with E-state index in [4.69, 9.17) is 51.7 Å². The van der Waals surface area contributed by atoms with E-state index >= 15 is 0 Å². The summed E-state index contributed by atoms with van der Waals surface area (Å²) in [5, 5.41) is 11.0. The summed E-state index contributed by atoms with van der Waals surface area (Å²) in [6, 6.07) is 26.8. The van der Waals surface area contributed by atoms with Crippen LogP contribution in [0.5, 0.6) is 17.2 Å². The molecule has 4 aromatic carbocycles. The molecule has 12 nitrogen and oxygen atoms in total. The Labute approximate surface area is 369 Å². The number of fused-ring (bicyclic) bond motifs is 2. The van der Waals surface area contributed by atoms with E-state index in [1.165, 1.54) is 0 Å². The van der Waals surface area contributed by atoms with Gasteiger partial charge in [-0.3, -0.25) is 19.4 Å². The molecule has 2 N–H and O–H groups in total. The third-order valence-electron chi connectivity index (χ3n) is 11.1. The normalized spacial score (nSPS) is 15.2. The average molecular weight is 878 g/mol. The molecular formula is C48H46Cl2N4O8. The molecule has 0 fully saturated rings. The Morgan fingerprint density at radius 2 is 1.63 bits per heavy atom. The maximum Gasteiger partial charge on any atom is 0.290 e. The zero-order valence-electron chi connectivity index (χ0n) is 34.7. The molecule has 2 unspecified atom stereocenters. The Balaban J connectivity index is 0.00000187. The lowest BCUT2D eigenvalue weighted by atomic mass is 9.92. The van der Waals surface area contributed by atoms with Crippen molar-refractivity contribution >= 4 is 41.5 Å². The Hall–Kier alpha value is -6.37. The predicted octanol–water partition coefficient (Wildman–Crippen LogP) is 9.04. The van der Waals surface area contributed by atoms with Crippen molar-refractivity contribution in [1.29, 1.82) is 0 Å². The number of oxazole rings is 1. The molecule has 2 amide bonds. The number of benzene rings is 4. The summed E-state index contributed by atoms with van der Waals surface area (Å²) in [4.78, 5) is 46.8. The third kappa shape index (κ3) is 10.0. The van der Waals surface area contributed by atoms with Crippen LogP contribution in [-0.2, 0) is 35.4 Å². The molecule has 2 atom stereocenters. The van der Waals surface area contributed by atoms with Gasteiger partial charge in [-0.15, -0.1) is 0 Å². The fourth-order valence-corrected chi connectivity index (χ4v) is 7.96. The number of rotatable bonds is 11. The Bertz CT molecular complexity index is 2580. The Kier molecular flexibility index (Phi) is 13.8. The van der Waals surface area contributed by atoms with E-state index in [0.29, 0.717) is 72.2 Å². The molecule has 2 aromatic heterocycles. The van der Waals surface area contributed by atoms with Crippen LogP contribution < -0.4 is 19.5 Å². The van der Waals surface area contributed by atoms with Crippen LogP contribution in [0, 0.1) is 27.7 Å². The molecule has 62 heavy (non-hydrogen) atoms. The molecule has 0 saturated heterocycles. The summed E-state index contributed by atoms with van der Waals surface area (Å²) < 4.78 is 24.4. The van der Waals surface area contributed by atoms with Gasteiger partial charge >= 0.3 is 0 Å². The van der Waals surface area contributed by atoms with E-state index in [9.17, 15) is 9.59 Å². The molecule has 320 valence electrons. The number of nitrogens with one attached hydrogen (secondary N) is 1. The number of pyridine rings is 1. The number of ether oxygens (including phenoxy) is 3. The van der Waals surface area contributed by atoms with Gasteiger partial charge in [0.25, 0.3) is 12.4 Å². The van der Waals surface area contributed by atoms with Gasteiger partial charge in [-0.25, -0.2) is 4.98 Å². The second-order valence-corrected chi connectivity index (χ2v) is 15.9. The molecule has 14 heteroatoms. The maximum atomic E-state index is 14.1. The summed E-state index contributed by atoms with van der Waals surface area (Å²) in [6.07, 6.45) is 3.10. The molecular weight excluding hydrogens is 831 g/mol. The lowest BCUT2D eigenvalue weighted by molar-refractivity contribution is -0.126. The van der Waals surface area contributed by atoms with Crippen molar-refractivity contribution < 1.29 is 38.1 Å². The van der Waals surface area contributed by atoms with Crippen LogP contribution in [0.1, 0.15) is 67.3 Å². The summed E-state index contributed by atoms with van der Waals surface area (Å²) in [5.74, 6) is 2.11. The fraction of sp³-hybridized carbons (Fsp3) is 0.271. The van der Waals surface area contributed by atoms with Crippen LogP contribution in [0.25, 0.3) is 11.1 Å². The van der Waals surface area contributed by atoms with Crippen molar-refractivity contribution in [3.63, 3.8) is 0 Å². The van der Waals surface area contributed by atoms with Crippen LogP contribution in [0.4, 0.5) is 0 Å². The number of aromatic nitrogens is 2. The molecule has 0 radical (unpaired) electrons. The van der Waals surface area contributed by atoms with Crippen LogP contribution in [0.3, 0.4) is 0 Å². The van der Waals surface area contributed by atoms with E-state index in [1.54, 1.807) is 24.8 Å². The first-order valence-corrected chi connectivity index (χ1v) is 20.9. The number of amides is 2. The van der Waals surface area contributed by atoms with E-state index in [0.717, 1.165) is 56.0 Å². The standard InChI is InChI=1S/C47H44Cl2N4O6.CH2O2/c1-27-28(2)50-19-16-38(27)33-8-5-31(6-9-33)15-18-51-46(54)41-22-35-23-42-43(24-36(35)25-53(41)47(55)45-29(3)58-30(4)52-45)59-44(26-57-42)34-10-12-37(13-11-34)56-20-17-32-7-14-39(48)40(49)21-32;2-1-3/h5-14,16,19,21,23-24,41,44H,15,17-18,20,22,25-26H2,1-4H3,(H,51,54);1H,(H,2,3). The minimum atomic E-state index is -0.772. The second kappa shape index (κ2) is 19.6. The molecule has 0 saturated carbocycles. The lowest BCUT2D eigenvalue weighted by Gasteiger charge is -2.37. The number of carbonyl (C=O) groups excluding carboxylic acids is 2. The number of hydrogen-bond acceptors (Lipinski definition) is 9. The van der Waals surface area contributed by atoms with Crippen LogP contribution >= 0.6 is 23.2 Å². The zero-order valence-corrected chi connectivity index (χ0v) is 36.3. The van der Waals surface area contributed by atoms with Crippen molar-refractivity contribution in [2.45, 2.75) is 65.6 Å². The first-order valence-electron chi connectivity index (χ1n) is 20.2. The lowest BCUT2D eigenvalue weighted by Crippen LogP contribution is -2.53. The maximum absolute atomic E-state index is 14.1. The van der Waals surface area contributed by atoms with Gasteiger partial charge in [0.2, 0.25) is 5.91 Å². The van der Waals surface area contributed by atoms with Gasteiger partial charge < -0.3 is 34.0 Å². The largest absolute Gasteiger partial charge is 0.493 e. The van der Waals surface area contributed by atoms with Crippen molar-refractivity contribution in [1.82, 2.24) is 20.2 Å². The van der Waals surface area contributed by atoms with Crippen LogP contribution in [0.2, 0.25) is 10.0 Å². The van der Waals surface area contributed by atoms with Gasteiger partial charge in [0.1, 0.15) is 24.2 Å². The SMILES string of the molecule is Cc1nc(C(=O)N2Cc3cc4c(cc3CC2C(=O)NCCc2ccc(-c3ccnc(C)c3C)cc2)OCC(c2ccc(OCCc3ccc(Cl)c(Cl)c3)cc2)O4)c(C)o1.O=CO. The second-order valence-electron chi connectivity index (χ2n) is 15.1. The summed E-state index contributed by atoms with van der Waals surface area (Å²) >= 11 is 12.2. The van der Waals surface area contributed by atoms with E-state index in [-0.39, 0.29) is 36.6 Å². The van der Waals surface area contributed by atoms with E-state index in [2.05, 4.69) is 46.5 Å². The monoisotopic (exact) mass is 876 g/mol. The van der Waals surface area contributed by atoms with Crippen LogP contribution in [-0.4, -0.2) is 64.1 Å². The number of aryl methyl sites for hydroxylation is 3. The number of nitrogens with zero attached hydrogens (tertiary/aromatic N) is 3. The topological polar surface area (TPSA) is 153 Å². The number of halogens is 2.